The molecule has 1 aliphatic heterocycles. The molecule has 1 aliphatic carbocycles. The predicted octanol–water partition coefficient (Wildman–Crippen LogP) is 1.50. The highest BCUT2D eigenvalue weighted by Gasteiger charge is 2.41. The normalized spacial score (nSPS) is 33.3. The molecule has 0 N–H and O–H groups in total. The molecule has 0 saturated carbocycles. The minimum absolute atomic E-state index is 0.0809. The summed E-state index contributed by atoms with van der Waals surface area (Å²) in [6, 6.07) is 0. The fourth-order valence-electron chi connectivity index (χ4n) is 2.64. The van der Waals surface area contributed by atoms with Crippen molar-refractivity contribution in [3.63, 3.8) is 0 Å². The Morgan fingerprint density at radius 3 is 2.81 bits per heavy atom. The Morgan fingerprint density at radius 2 is 2.19 bits per heavy atom. The first kappa shape index (κ1) is 11.5. The predicted molar refractivity (Wildman–Crippen MR) is 57.7 cm³/mol. The van der Waals surface area contributed by atoms with Gasteiger partial charge < -0.3 is 14.2 Å². The molecule has 1 saturated heterocycles. The van der Waals surface area contributed by atoms with Gasteiger partial charge in [0.15, 0.2) is 0 Å². The van der Waals surface area contributed by atoms with E-state index >= 15 is 0 Å². The van der Waals surface area contributed by atoms with E-state index in [1.807, 2.05) is 0 Å². The minimum atomic E-state index is -0.261. The van der Waals surface area contributed by atoms with Gasteiger partial charge in [0.1, 0.15) is 18.5 Å². The van der Waals surface area contributed by atoms with Crippen molar-refractivity contribution in [2.24, 2.45) is 11.8 Å². The zero-order valence-corrected chi connectivity index (χ0v) is 9.99. The molecule has 0 amide bonds. The molecule has 0 aromatic rings. The number of carbonyl (C=O) groups is 1. The highest BCUT2D eigenvalue weighted by Crippen LogP contribution is 2.41. The lowest BCUT2D eigenvalue weighted by molar-refractivity contribution is -0.136. The monoisotopic (exact) mass is 226 g/mol. The number of hydrogen-bond donors (Lipinski definition) is 0. The molecule has 2 rings (SSSR count). The van der Waals surface area contributed by atoms with Crippen LogP contribution < -0.4 is 0 Å². The van der Waals surface area contributed by atoms with Crippen LogP contribution in [0.1, 0.15) is 19.8 Å². The lowest BCUT2D eigenvalue weighted by Gasteiger charge is -2.27. The number of fused-ring (bicyclic) bond motifs is 1. The van der Waals surface area contributed by atoms with Crippen LogP contribution in [0.3, 0.4) is 0 Å². The van der Waals surface area contributed by atoms with Crippen molar-refractivity contribution in [2.75, 3.05) is 20.8 Å². The average molecular weight is 226 g/mol. The van der Waals surface area contributed by atoms with Crippen LogP contribution >= 0.6 is 0 Å². The van der Waals surface area contributed by atoms with Crippen LogP contribution in [0.15, 0.2) is 11.3 Å². The Kier molecular flexibility index (Phi) is 3.19. The van der Waals surface area contributed by atoms with Crippen molar-refractivity contribution >= 4 is 5.97 Å². The lowest BCUT2D eigenvalue weighted by atomic mass is 9.80. The van der Waals surface area contributed by atoms with Crippen molar-refractivity contribution in [1.29, 1.82) is 0 Å². The smallest absolute Gasteiger partial charge is 0.337 e. The minimum Gasteiger partial charge on any atom is -0.494 e. The Hall–Kier alpha value is -1.03. The summed E-state index contributed by atoms with van der Waals surface area (Å²) >= 11 is 0. The number of rotatable bonds is 2. The third-order valence-corrected chi connectivity index (χ3v) is 3.43. The van der Waals surface area contributed by atoms with Crippen molar-refractivity contribution < 1.29 is 19.0 Å². The first-order valence-corrected chi connectivity index (χ1v) is 5.64. The molecule has 16 heavy (non-hydrogen) atoms. The summed E-state index contributed by atoms with van der Waals surface area (Å²) < 4.78 is 15.8. The lowest BCUT2D eigenvalue weighted by Crippen LogP contribution is -2.27. The molecule has 0 bridgehead atoms. The quantitative estimate of drug-likeness (QED) is 0.669. The van der Waals surface area contributed by atoms with E-state index in [1.165, 1.54) is 7.11 Å². The van der Waals surface area contributed by atoms with Gasteiger partial charge in [0.25, 0.3) is 0 Å². The van der Waals surface area contributed by atoms with E-state index in [0.29, 0.717) is 18.1 Å². The van der Waals surface area contributed by atoms with Crippen LogP contribution in [0.25, 0.3) is 0 Å². The van der Waals surface area contributed by atoms with Gasteiger partial charge in [-0.1, -0.05) is 6.92 Å². The number of methoxy groups -OCH3 is 2. The Bertz CT molecular complexity index is 321. The van der Waals surface area contributed by atoms with Gasteiger partial charge in [0.05, 0.1) is 12.7 Å². The second kappa shape index (κ2) is 4.45. The van der Waals surface area contributed by atoms with Crippen LogP contribution in [0, 0.1) is 11.8 Å². The fraction of sp³-hybridized carbons (Fsp3) is 0.750. The standard InChI is InChI=1S/C12H18O4/c1-7-4-8-10(14-2)6-16-11(8)9(5-7)12(13)15-3/h7-8,10H,4-6H2,1-3H3/t7?,8-,10-/m0/s1. The Morgan fingerprint density at radius 1 is 1.44 bits per heavy atom. The van der Waals surface area contributed by atoms with Crippen LogP contribution in [-0.2, 0) is 19.0 Å². The summed E-state index contributed by atoms with van der Waals surface area (Å²) in [5, 5.41) is 0. The third kappa shape index (κ3) is 1.82. The second-order valence-electron chi connectivity index (χ2n) is 4.57. The van der Waals surface area contributed by atoms with Gasteiger partial charge in [-0.05, 0) is 18.8 Å². The van der Waals surface area contributed by atoms with Crippen LogP contribution in [0.2, 0.25) is 0 Å². The van der Waals surface area contributed by atoms with Crippen LogP contribution in [-0.4, -0.2) is 32.9 Å². The number of hydrogen-bond acceptors (Lipinski definition) is 4. The van der Waals surface area contributed by atoms with E-state index in [2.05, 4.69) is 6.92 Å². The number of esters is 1. The van der Waals surface area contributed by atoms with Gasteiger partial charge >= 0.3 is 5.97 Å². The van der Waals surface area contributed by atoms with E-state index in [0.717, 1.165) is 18.6 Å². The molecular formula is C12H18O4. The molecular weight excluding hydrogens is 208 g/mol. The molecule has 3 atom stereocenters. The molecule has 2 aliphatic rings. The molecule has 1 fully saturated rings. The first-order valence-electron chi connectivity index (χ1n) is 5.64. The topological polar surface area (TPSA) is 44.8 Å². The SMILES string of the molecule is COC(=O)C1=C2OC[C@H](OC)[C@@H]2CC(C)C1. The Labute approximate surface area is 95.6 Å². The van der Waals surface area contributed by atoms with E-state index in [4.69, 9.17) is 14.2 Å². The molecule has 0 radical (unpaired) electrons. The first-order chi connectivity index (χ1) is 7.67. The number of ether oxygens (including phenoxy) is 3. The van der Waals surface area contributed by atoms with Crippen LogP contribution in [0.4, 0.5) is 0 Å². The molecule has 1 heterocycles. The third-order valence-electron chi connectivity index (χ3n) is 3.43. The molecule has 0 aromatic carbocycles. The van der Waals surface area contributed by atoms with Crippen molar-refractivity contribution in [1.82, 2.24) is 0 Å². The molecule has 0 aromatic heterocycles. The van der Waals surface area contributed by atoms with E-state index in [1.54, 1.807) is 7.11 Å². The summed E-state index contributed by atoms with van der Waals surface area (Å²) in [7, 11) is 3.10. The maximum Gasteiger partial charge on any atom is 0.337 e. The zero-order chi connectivity index (χ0) is 11.7. The summed E-state index contributed by atoms with van der Waals surface area (Å²) in [4.78, 5) is 11.6. The maximum absolute atomic E-state index is 11.6. The maximum atomic E-state index is 11.6. The second-order valence-corrected chi connectivity index (χ2v) is 4.57. The van der Waals surface area contributed by atoms with E-state index in [9.17, 15) is 4.79 Å². The van der Waals surface area contributed by atoms with E-state index in [-0.39, 0.29) is 18.0 Å². The van der Waals surface area contributed by atoms with Crippen LogP contribution in [0.5, 0.6) is 0 Å². The Balaban J connectivity index is 2.30. The average Bonchev–Trinajstić information content (AvgIpc) is 2.69. The van der Waals surface area contributed by atoms with Crippen molar-refractivity contribution in [3.05, 3.63) is 11.3 Å². The summed E-state index contributed by atoms with van der Waals surface area (Å²) in [6.45, 7) is 2.69. The largest absolute Gasteiger partial charge is 0.494 e. The molecule has 4 heteroatoms. The molecule has 4 nitrogen and oxygen atoms in total. The highest BCUT2D eigenvalue weighted by molar-refractivity contribution is 5.89. The zero-order valence-electron chi connectivity index (χ0n) is 9.99. The molecule has 0 spiro atoms. The van der Waals surface area contributed by atoms with E-state index < -0.39 is 0 Å². The van der Waals surface area contributed by atoms with Gasteiger partial charge in [0, 0.05) is 13.0 Å². The van der Waals surface area contributed by atoms with Gasteiger partial charge in [-0.25, -0.2) is 4.79 Å². The summed E-state index contributed by atoms with van der Waals surface area (Å²) in [6.07, 6.45) is 1.85. The van der Waals surface area contributed by atoms with Gasteiger partial charge in [-0.2, -0.15) is 0 Å². The summed E-state index contributed by atoms with van der Waals surface area (Å²) in [5.74, 6) is 1.24. The van der Waals surface area contributed by atoms with Gasteiger partial charge in [-0.15, -0.1) is 0 Å². The van der Waals surface area contributed by atoms with Gasteiger partial charge in [-0.3, -0.25) is 0 Å². The van der Waals surface area contributed by atoms with Gasteiger partial charge in [0.2, 0.25) is 0 Å². The fourth-order valence-corrected chi connectivity index (χ4v) is 2.64. The number of carbonyl (C=O) groups excluding carboxylic acids is 1. The van der Waals surface area contributed by atoms with Crippen molar-refractivity contribution in [3.8, 4) is 0 Å². The summed E-state index contributed by atoms with van der Waals surface area (Å²) in [5.41, 5.74) is 0.700. The van der Waals surface area contributed by atoms with Crippen molar-refractivity contribution in [2.45, 2.75) is 25.9 Å². The molecule has 90 valence electrons. The highest BCUT2D eigenvalue weighted by atomic mass is 16.5. The molecule has 1 unspecified atom stereocenters.